The van der Waals surface area contributed by atoms with Crippen LogP contribution in [0.1, 0.15) is 31.2 Å². The van der Waals surface area contributed by atoms with Gasteiger partial charge in [0.05, 0.1) is 0 Å². The van der Waals surface area contributed by atoms with Gasteiger partial charge in [0.1, 0.15) is 6.04 Å². The van der Waals surface area contributed by atoms with Crippen LogP contribution in [0.5, 0.6) is 0 Å². The molecule has 0 saturated heterocycles. The summed E-state index contributed by atoms with van der Waals surface area (Å²) in [5.41, 5.74) is 0.841. The van der Waals surface area contributed by atoms with Crippen molar-refractivity contribution in [3.63, 3.8) is 0 Å². The number of nitrogens with zero attached hydrogens (tertiary/aromatic N) is 1. The van der Waals surface area contributed by atoms with Gasteiger partial charge in [-0.3, -0.25) is 19.3 Å². The first-order valence-corrected chi connectivity index (χ1v) is 8.57. The van der Waals surface area contributed by atoms with Gasteiger partial charge in [-0.15, -0.1) is 0 Å². The second-order valence-electron chi connectivity index (χ2n) is 6.12. The molecule has 1 aromatic carbocycles. The molecular formula is C19H22N2O5. The lowest BCUT2D eigenvalue weighted by molar-refractivity contribution is -0.141. The van der Waals surface area contributed by atoms with E-state index in [9.17, 15) is 24.3 Å². The third kappa shape index (κ3) is 5.84. The van der Waals surface area contributed by atoms with Crippen molar-refractivity contribution in [2.75, 3.05) is 6.54 Å². The predicted molar refractivity (Wildman–Crippen MR) is 94.0 cm³/mol. The van der Waals surface area contributed by atoms with Gasteiger partial charge in [0, 0.05) is 31.5 Å². The second kappa shape index (κ2) is 9.50. The number of hydrogen-bond donors (Lipinski definition) is 2. The molecular weight excluding hydrogens is 336 g/mol. The maximum atomic E-state index is 12.0. The number of aliphatic carboxylic acids is 1. The SMILES string of the molecule is O=C(CCCCCN1C(=O)C=CC1=O)NC(Cc1ccccc1)C(=O)O. The maximum Gasteiger partial charge on any atom is 0.326 e. The number of amides is 3. The molecule has 0 fully saturated rings. The number of unbranched alkanes of at least 4 members (excludes halogenated alkanes) is 2. The summed E-state index contributed by atoms with van der Waals surface area (Å²) in [5.74, 6) is -2.00. The Morgan fingerprint density at radius 3 is 2.27 bits per heavy atom. The summed E-state index contributed by atoms with van der Waals surface area (Å²) in [7, 11) is 0. The van der Waals surface area contributed by atoms with Gasteiger partial charge in [-0.1, -0.05) is 36.8 Å². The van der Waals surface area contributed by atoms with E-state index in [4.69, 9.17) is 0 Å². The average Bonchev–Trinajstić information content (AvgIpc) is 2.93. The van der Waals surface area contributed by atoms with E-state index in [1.165, 1.54) is 17.1 Å². The lowest BCUT2D eigenvalue weighted by Crippen LogP contribution is -2.42. The van der Waals surface area contributed by atoms with Gasteiger partial charge in [0.25, 0.3) is 11.8 Å². The third-order valence-corrected chi connectivity index (χ3v) is 4.10. The molecule has 0 radical (unpaired) electrons. The summed E-state index contributed by atoms with van der Waals surface area (Å²) in [6, 6.07) is 8.16. The molecule has 1 aromatic rings. The first-order valence-electron chi connectivity index (χ1n) is 8.57. The highest BCUT2D eigenvalue weighted by Crippen LogP contribution is 2.08. The number of carboxylic acid groups (broad SMARTS) is 1. The quantitative estimate of drug-likeness (QED) is 0.484. The normalized spacial score (nSPS) is 14.5. The summed E-state index contributed by atoms with van der Waals surface area (Å²) in [6.45, 7) is 0.331. The molecule has 7 nitrogen and oxygen atoms in total. The molecule has 1 heterocycles. The topological polar surface area (TPSA) is 104 Å². The molecule has 1 atom stereocenters. The second-order valence-corrected chi connectivity index (χ2v) is 6.12. The van der Waals surface area contributed by atoms with Crippen LogP contribution in [-0.4, -0.2) is 46.3 Å². The molecule has 0 aliphatic carbocycles. The molecule has 0 spiro atoms. The highest BCUT2D eigenvalue weighted by Gasteiger charge is 2.22. The Balaban J connectivity index is 1.67. The highest BCUT2D eigenvalue weighted by atomic mass is 16.4. The van der Waals surface area contributed by atoms with E-state index < -0.39 is 12.0 Å². The van der Waals surface area contributed by atoms with Gasteiger partial charge in [0.2, 0.25) is 5.91 Å². The number of imide groups is 1. The van der Waals surface area contributed by atoms with Crippen LogP contribution < -0.4 is 5.32 Å². The van der Waals surface area contributed by atoms with Crippen molar-refractivity contribution in [1.82, 2.24) is 10.2 Å². The summed E-state index contributed by atoms with van der Waals surface area (Å²) in [4.78, 5) is 47.3. The van der Waals surface area contributed by atoms with E-state index in [-0.39, 0.29) is 30.6 Å². The summed E-state index contributed by atoms with van der Waals surface area (Å²) >= 11 is 0. The molecule has 1 aliphatic heterocycles. The van der Waals surface area contributed by atoms with E-state index in [1.54, 1.807) is 0 Å². The van der Waals surface area contributed by atoms with E-state index in [0.29, 0.717) is 25.8 Å². The minimum atomic E-state index is -1.07. The molecule has 1 unspecified atom stereocenters. The summed E-state index contributed by atoms with van der Waals surface area (Å²) in [5, 5.41) is 11.8. The van der Waals surface area contributed by atoms with Crippen LogP contribution in [0.15, 0.2) is 42.5 Å². The maximum absolute atomic E-state index is 12.0. The van der Waals surface area contributed by atoms with Crippen LogP contribution in [0.4, 0.5) is 0 Å². The first-order chi connectivity index (χ1) is 12.5. The average molecular weight is 358 g/mol. The number of hydrogen-bond acceptors (Lipinski definition) is 4. The summed E-state index contributed by atoms with van der Waals surface area (Å²) < 4.78 is 0. The van der Waals surface area contributed by atoms with Crippen LogP contribution in [0.3, 0.4) is 0 Å². The van der Waals surface area contributed by atoms with Crippen molar-refractivity contribution in [2.45, 2.75) is 38.1 Å². The monoisotopic (exact) mass is 358 g/mol. The minimum Gasteiger partial charge on any atom is -0.480 e. The summed E-state index contributed by atoms with van der Waals surface area (Å²) in [6.07, 6.45) is 4.77. The molecule has 3 amide bonds. The van der Waals surface area contributed by atoms with Crippen LogP contribution in [0, 0.1) is 0 Å². The molecule has 0 aromatic heterocycles. The lowest BCUT2D eigenvalue weighted by Gasteiger charge is -2.15. The standard InChI is InChI=1S/C19H22N2O5/c22-16(9-5-2-6-12-21-17(23)10-11-18(21)24)20-15(19(25)26)13-14-7-3-1-4-8-14/h1,3-4,7-8,10-11,15H,2,5-6,9,12-13H2,(H,20,22)(H,25,26). The molecule has 0 bridgehead atoms. The van der Waals surface area contributed by atoms with Crippen molar-refractivity contribution in [3.05, 3.63) is 48.0 Å². The Kier molecular flexibility index (Phi) is 7.08. The van der Waals surface area contributed by atoms with E-state index in [0.717, 1.165) is 5.56 Å². The Morgan fingerprint density at radius 1 is 1.00 bits per heavy atom. The van der Waals surface area contributed by atoms with E-state index >= 15 is 0 Å². The molecule has 2 rings (SSSR count). The zero-order valence-electron chi connectivity index (χ0n) is 14.4. The molecule has 1 aliphatic rings. The van der Waals surface area contributed by atoms with E-state index in [2.05, 4.69) is 5.32 Å². The molecule has 2 N–H and O–H groups in total. The first kappa shape index (κ1) is 19.4. The molecule has 26 heavy (non-hydrogen) atoms. The van der Waals surface area contributed by atoms with Gasteiger partial charge >= 0.3 is 5.97 Å². The smallest absolute Gasteiger partial charge is 0.326 e. The minimum absolute atomic E-state index is 0.207. The number of benzene rings is 1. The number of carboxylic acids is 1. The van der Waals surface area contributed by atoms with Crippen molar-refractivity contribution in [2.24, 2.45) is 0 Å². The predicted octanol–water partition coefficient (Wildman–Crippen LogP) is 1.28. The Hall–Kier alpha value is -2.96. The van der Waals surface area contributed by atoms with Crippen LogP contribution in [-0.2, 0) is 25.6 Å². The molecule has 0 saturated carbocycles. The van der Waals surface area contributed by atoms with Gasteiger partial charge in [-0.25, -0.2) is 4.79 Å². The van der Waals surface area contributed by atoms with E-state index in [1.807, 2.05) is 30.3 Å². The zero-order valence-corrected chi connectivity index (χ0v) is 14.4. The number of carbonyl (C=O) groups excluding carboxylic acids is 3. The van der Waals surface area contributed by atoms with Gasteiger partial charge in [-0.05, 0) is 18.4 Å². The number of nitrogens with one attached hydrogen (secondary N) is 1. The Labute approximate surface area is 151 Å². The van der Waals surface area contributed by atoms with Gasteiger partial charge in [0.15, 0.2) is 0 Å². The Morgan fingerprint density at radius 2 is 1.65 bits per heavy atom. The fourth-order valence-electron chi connectivity index (χ4n) is 2.70. The molecule has 7 heteroatoms. The van der Waals surface area contributed by atoms with Gasteiger partial charge < -0.3 is 10.4 Å². The largest absolute Gasteiger partial charge is 0.480 e. The van der Waals surface area contributed by atoms with Crippen LogP contribution in [0.25, 0.3) is 0 Å². The van der Waals surface area contributed by atoms with Crippen molar-refractivity contribution < 1.29 is 24.3 Å². The fourth-order valence-corrected chi connectivity index (χ4v) is 2.70. The van der Waals surface area contributed by atoms with Crippen LogP contribution >= 0.6 is 0 Å². The lowest BCUT2D eigenvalue weighted by atomic mass is 10.1. The highest BCUT2D eigenvalue weighted by molar-refractivity contribution is 6.12. The van der Waals surface area contributed by atoms with Crippen molar-refractivity contribution >= 4 is 23.7 Å². The third-order valence-electron chi connectivity index (χ3n) is 4.10. The number of rotatable bonds is 10. The number of carbonyl (C=O) groups is 4. The Bertz CT molecular complexity index is 681. The van der Waals surface area contributed by atoms with Crippen molar-refractivity contribution in [1.29, 1.82) is 0 Å². The molecule has 138 valence electrons. The van der Waals surface area contributed by atoms with Crippen molar-refractivity contribution in [3.8, 4) is 0 Å². The van der Waals surface area contributed by atoms with Crippen LogP contribution in [0.2, 0.25) is 0 Å². The van der Waals surface area contributed by atoms with Gasteiger partial charge in [-0.2, -0.15) is 0 Å². The fraction of sp³-hybridized carbons (Fsp3) is 0.368. The zero-order chi connectivity index (χ0) is 18.9.